The van der Waals surface area contributed by atoms with Gasteiger partial charge >= 0.3 is 0 Å². The van der Waals surface area contributed by atoms with Crippen molar-refractivity contribution in [3.05, 3.63) is 64.6 Å². The van der Waals surface area contributed by atoms with E-state index in [-0.39, 0.29) is 12.3 Å². The van der Waals surface area contributed by atoms with E-state index in [1.54, 1.807) is 0 Å². The summed E-state index contributed by atoms with van der Waals surface area (Å²) in [6.07, 6.45) is 0.222. The number of carbonyl (C=O) groups is 1. The van der Waals surface area contributed by atoms with Gasteiger partial charge in [0.05, 0.1) is 22.3 Å². The molecule has 4 rings (SSSR count). The standard InChI is InChI=1S/C18H12ClN3OS2/c19-12-7-5-11(6-8-12)17-20-13(10-24-17)9-16(23)22-18-21-14-3-1-2-4-15(14)25-18/h1-8,10H,9H2,(H,21,22,23). The summed E-state index contributed by atoms with van der Waals surface area (Å²) >= 11 is 8.88. The SMILES string of the molecule is O=C(Cc1csc(-c2ccc(Cl)cc2)n1)Nc1nc2ccccc2s1. The molecule has 0 atom stereocenters. The fourth-order valence-electron chi connectivity index (χ4n) is 2.37. The molecule has 0 saturated heterocycles. The highest BCUT2D eigenvalue weighted by Gasteiger charge is 2.11. The number of hydrogen-bond acceptors (Lipinski definition) is 5. The Kier molecular flexibility index (Phi) is 4.48. The van der Waals surface area contributed by atoms with Crippen LogP contribution in [0.4, 0.5) is 5.13 Å². The molecule has 7 heteroatoms. The van der Waals surface area contributed by atoms with Crippen LogP contribution in [0.15, 0.2) is 53.9 Å². The molecule has 0 aliphatic rings. The number of rotatable bonds is 4. The van der Waals surface area contributed by atoms with Gasteiger partial charge in [-0.15, -0.1) is 11.3 Å². The minimum Gasteiger partial charge on any atom is -0.302 e. The van der Waals surface area contributed by atoms with Crippen molar-refractivity contribution in [1.29, 1.82) is 0 Å². The Bertz CT molecular complexity index is 1010. The van der Waals surface area contributed by atoms with Crippen LogP contribution < -0.4 is 5.32 Å². The number of fused-ring (bicyclic) bond motifs is 1. The first kappa shape index (κ1) is 16.2. The molecule has 2 aromatic carbocycles. The molecule has 25 heavy (non-hydrogen) atoms. The fraction of sp³-hybridized carbons (Fsp3) is 0.0556. The van der Waals surface area contributed by atoms with E-state index in [1.165, 1.54) is 22.7 Å². The lowest BCUT2D eigenvalue weighted by atomic mass is 10.2. The maximum absolute atomic E-state index is 12.3. The number of benzene rings is 2. The topological polar surface area (TPSA) is 54.9 Å². The van der Waals surface area contributed by atoms with E-state index >= 15 is 0 Å². The second-order valence-corrected chi connectivity index (χ2v) is 7.69. The van der Waals surface area contributed by atoms with Gasteiger partial charge in [-0.05, 0) is 24.3 Å². The number of thiazole rings is 2. The van der Waals surface area contributed by atoms with Crippen LogP contribution in [0.1, 0.15) is 5.69 Å². The lowest BCUT2D eigenvalue weighted by Crippen LogP contribution is -2.14. The van der Waals surface area contributed by atoms with Crippen LogP contribution in [0.2, 0.25) is 5.02 Å². The van der Waals surface area contributed by atoms with Gasteiger partial charge in [0.15, 0.2) is 5.13 Å². The molecule has 0 aliphatic heterocycles. The number of carbonyl (C=O) groups excluding carboxylic acids is 1. The van der Waals surface area contributed by atoms with Crippen molar-refractivity contribution in [2.75, 3.05) is 5.32 Å². The van der Waals surface area contributed by atoms with E-state index in [0.717, 1.165) is 26.5 Å². The molecular weight excluding hydrogens is 374 g/mol. The maximum Gasteiger partial charge on any atom is 0.232 e. The molecule has 1 amide bonds. The summed E-state index contributed by atoms with van der Waals surface area (Å²) in [5.41, 5.74) is 2.63. The Labute approximate surface area is 157 Å². The summed E-state index contributed by atoms with van der Waals surface area (Å²) in [6.45, 7) is 0. The highest BCUT2D eigenvalue weighted by molar-refractivity contribution is 7.22. The molecule has 0 saturated carbocycles. The molecule has 4 nitrogen and oxygen atoms in total. The largest absolute Gasteiger partial charge is 0.302 e. The van der Waals surface area contributed by atoms with Gasteiger partial charge in [0.1, 0.15) is 5.01 Å². The minimum atomic E-state index is -0.119. The first-order valence-corrected chi connectivity index (χ1v) is 9.60. The van der Waals surface area contributed by atoms with E-state index in [4.69, 9.17) is 11.6 Å². The van der Waals surface area contributed by atoms with Crippen LogP contribution in [0.3, 0.4) is 0 Å². The highest BCUT2D eigenvalue weighted by atomic mass is 35.5. The fourth-order valence-corrected chi connectivity index (χ4v) is 4.20. The van der Waals surface area contributed by atoms with Gasteiger partial charge in [-0.2, -0.15) is 0 Å². The average molecular weight is 386 g/mol. The van der Waals surface area contributed by atoms with Crippen molar-refractivity contribution in [2.24, 2.45) is 0 Å². The lowest BCUT2D eigenvalue weighted by molar-refractivity contribution is -0.115. The van der Waals surface area contributed by atoms with Gasteiger partial charge in [0.2, 0.25) is 5.91 Å². The predicted octanol–water partition coefficient (Wildman–Crippen LogP) is 5.25. The third-order valence-electron chi connectivity index (χ3n) is 3.52. The number of hydrogen-bond donors (Lipinski definition) is 1. The minimum absolute atomic E-state index is 0.119. The molecule has 0 unspecified atom stereocenters. The smallest absolute Gasteiger partial charge is 0.232 e. The average Bonchev–Trinajstić information content (AvgIpc) is 3.21. The number of aromatic nitrogens is 2. The zero-order chi connectivity index (χ0) is 17.2. The van der Waals surface area contributed by atoms with Gasteiger partial charge in [-0.1, -0.05) is 47.2 Å². The van der Waals surface area contributed by atoms with Crippen LogP contribution in [0, 0.1) is 0 Å². The predicted molar refractivity (Wildman–Crippen MR) is 105 cm³/mol. The van der Waals surface area contributed by atoms with Gasteiger partial charge in [-0.25, -0.2) is 9.97 Å². The first-order chi connectivity index (χ1) is 12.2. The van der Waals surface area contributed by atoms with Crippen LogP contribution >= 0.6 is 34.3 Å². The highest BCUT2D eigenvalue weighted by Crippen LogP contribution is 2.27. The Hall–Kier alpha value is -2.28. The number of amides is 1. The molecule has 0 aliphatic carbocycles. The van der Waals surface area contributed by atoms with Gasteiger partial charge in [-0.3, -0.25) is 4.79 Å². The summed E-state index contributed by atoms with van der Waals surface area (Å²) < 4.78 is 1.05. The number of para-hydroxylation sites is 1. The summed E-state index contributed by atoms with van der Waals surface area (Å²) in [5, 5.41) is 6.93. The van der Waals surface area contributed by atoms with E-state index in [1.807, 2.05) is 53.9 Å². The van der Waals surface area contributed by atoms with Crippen LogP contribution in [0.25, 0.3) is 20.8 Å². The summed E-state index contributed by atoms with van der Waals surface area (Å²) in [7, 11) is 0. The Morgan fingerprint density at radius 1 is 1.08 bits per heavy atom. The molecule has 2 aromatic heterocycles. The second-order valence-electron chi connectivity index (χ2n) is 5.36. The summed E-state index contributed by atoms with van der Waals surface area (Å²) in [4.78, 5) is 21.2. The molecule has 124 valence electrons. The lowest BCUT2D eigenvalue weighted by Gasteiger charge is -1.99. The quantitative estimate of drug-likeness (QED) is 0.521. The van der Waals surface area contributed by atoms with E-state index in [2.05, 4.69) is 15.3 Å². The van der Waals surface area contributed by atoms with Crippen molar-refractivity contribution >= 4 is 55.5 Å². The molecule has 2 heterocycles. The first-order valence-electron chi connectivity index (χ1n) is 7.53. The zero-order valence-corrected chi connectivity index (χ0v) is 15.3. The van der Waals surface area contributed by atoms with Gasteiger partial charge < -0.3 is 5.32 Å². The Morgan fingerprint density at radius 2 is 1.88 bits per heavy atom. The second kappa shape index (κ2) is 6.92. The Balaban J connectivity index is 1.45. The van der Waals surface area contributed by atoms with E-state index in [0.29, 0.717) is 10.2 Å². The monoisotopic (exact) mass is 385 g/mol. The third-order valence-corrected chi connectivity index (χ3v) is 5.67. The van der Waals surface area contributed by atoms with E-state index in [9.17, 15) is 4.79 Å². The Morgan fingerprint density at radius 3 is 2.68 bits per heavy atom. The van der Waals surface area contributed by atoms with Crippen LogP contribution in [-0.2, 0) is 11.2 Å². The van der Waals surface area contributed by atoms with Crippen molar-refractivity contribution in [3.8, 4) is 10.6 Å². The van der Waals surface area contributed by atoms with Crippen molar-refractivity contribution in [3.63, 3.8) is 0 Å². The molecular formula is C18H12ClN3OS2. The number of anilines is 1. The summed E-state index contributed by atoms with van der Waals surface area (Å²) in [6, 6.07) is 15.3. The van der Waals surface area contributed by atoms with Gasteiger partial charge in [0.25, 0.3) is 0 Å². The van der Waals surface area contributed by atoms with Crippen molar-refractivity contribution in [1.82, 2.24) is 9.97 Å². The van der Waals surface area contributed by atoms with Crippen molar-refractivity contribution in [2.45, 2.75) is 6.42 Å². The maximum atomic E-state index is 12.3. The third kappa shape index (κ3) is 3.71. The number of halogens is 1. The normalized spacial score (nSPS) is 10.9. The molecule has 1 N–H and O–H groups in total. The molecule has 4 aromatic rings. The molecule has 0 spiro atoms. The molecule has 0 fully saturated rings. The van der Waals surface area contributed by atoms with Crippen molar-refractivity contribution < 1.29 is 4.79 Å². The van der Waals surface area contributed by atoms with E-state index < -0.39 is 0 Å². The van der Waals surface area contributed by atoms with Crippen LogP contribution in [-0.4, -0.2) is 15.9 Å². The zero-order valence-electron chi connectivity index (χ0n) is 12.9. The number of nitrogens with zero attached hydrogens (tertiary/aromatic N) is 2. The summed E-state index contributed by atoms with van der Waals surface area (Å²) in [5.74, 6) is -0.119. The molecule has 0 bridgehead atoms. The van der Waals surface area contributed by atoms with Crippen LogP contribution in [0.5, 0.6) is 0 Å². The number of nitrogens with one attached hydrogen (secondary N) is 1. The molecule has 0 radical (unpaired) electrons. The van der Waals surface area contributed by atoms with Gasteiger partial charge in [0, 0.05) is 16.0 Å².